The normalized spacial score (nSPS) is 17.5. The molecule has 0 radical (unpaired) electrons. The summed E-state index contributed by atoms with van der Waals surface area (Å²) in [5, 5.41) is 9.19. The van der Waals surface area contributed by atoms with E-state index in [0.29, 0.717) is 5.92 Å². The van der Waals surface area contributed by atoms with Crippen LogP contribution >= 0.6 is 22.7 Å². The highest BCUT2D eigenvalue weighted by molar-refractivity contribution is 7.10. The fraction of sp³-hybridized carbons (Fsp3) is 0.400. The molecular weight excluding hydrogens is 274 g/mol. The number of amides is 1. The third-order valence-corrected chi connectivity index (χ3v) is 5.43. The van der Waals surface area contributed by atoms with Crippen LogP contribution in [0.1, 0.15) is 47.0 Å². The fourth-order valence-corrected chi connectivity index (χ4v) is 4.30. The van der Waals surface area contributed by atoms with Gasteiger partial charge in [-0.3, -0.25) is 4.79 Å². The maximum absolute atomic E-state index is 12.3. The highest BCUT2D eigenvalue weighted by Crippen LogP contribution is 2.37. The number of hydrogen-bond acceptors (Lipinski definition) is 3. The predicted molar refractivity (Wildman–Crippen MR) is 80.8 cm³/mol. The lowest BCUT2D eigenvalue weighted by Gasteiger charge is -2.23. The van der Waals surface area contributed by atoms with Crippen LogP contribution in [0.15, 0.2) is 34.3 Å². The van der Waals surface area contributed by atoms with Gasteiger partial charge in [0.25, 0.3) is 5.91 Å². The zero-order valence-electron chi connectivity index (χ0n) is 10.7. The molecule has 4 heteroatoms. The van der Waals surface area contributed by atoms with Crippen molar-refractivity contribution in [3.8, 4) is 0 Å². The molecule has 3 rings (SSSR count). The van der Waals surface area contributed by atoms with Crippen molar-refractivity contribution < 1.29 is 4.79 Å². The summed E-state index contributed by atoms with van der Waals surface area (Å²) in [4.78, 5) is 13.6. The van der Waals surface area contributed by atoms with Gasteiger partial charge >= 0.3 is 0 Å². The van der Waals surface area contributed by atoms with Crippen molar-refractivity contribution in [2.24, 2.45) is 5.92 Å². The van der Waals surface area contributed by atoms with Crippen LogP contribution in [0.2, 0.25) is 0 Å². The molecule has 1 atom stereocenters. The van der Waals surface area contributed by atoms with Crippen molar-refractivity contribution in [2.75, 3.05) is 0 Å². The van der Waals surface area contributed by atoms with Crippen LogP contribution in [0.4, 0.5) is 0 Å². The molecule has 0 bridgehead atoms. The zero-order chi connectivity index (χ0) is 13.1. The molecule has 2 heterocycles. The molecule has 2 aromatic heterocycles. The number of carbonyl (C=O) groups is 1. The van der Waals surface area contributed by atoms with Crippen molar-refractivity contribution in [3.05, 3.63) is 44.8 Å². The SMILES string of the molecule is O=C(N[C@H](c1cccs1)C1CCCC1)c1ccsc1. The van der Waals surface area contributed by atoms with Crippen LogP contribution in [-0.2, 0) is 0 Å². The van der Waals surface area contributed by atoms with Gasteiger partial charge < -0.3 is 5.32 Å². The Kier molecular flexibility index (Phi) is 3.99. The van der Waals surface area contributed by atoms with Gasteiger partial charge in [-0.05, 0) is 41.7 Å². The summed E-state index contributed by atoms with van der Waals surface area (Å²) >= 11 is 3.31. The van der Waals surface area contributed by atoms with E-state index in [2.05, 4.69) is 22.8 Å². The standard InChI is InChI=1S/C15H17NOS2/c17-15(12-7-9-18-10-12)16-14(11-4-1-2-5-11)13-6-3-8-19-13/h3,6-11,14H,1-2,4-5H2,(H,16,17)/t14-/m0/s1. The average Bonchev–Trinajstić information content (AvgIpc) is 3.17. The van der Waals surface area contributed by atoms with E-state index in [4.69, 9.17) is 0 Å². The molecule has 1 saturated carbocycles. The van der Waals surface area contributed by atoms with E-state index in [-0.39, 0.29) is 11.9 Å². The molecule has 2 aromatic rings. The van der Waals surface area contributed by atoms with Gasteiger partial charge in [0.1, 0.15) is 0 Å². The maximum atomic E-state index is 12.3. The molecule has 1 amide bonds. The second-order valence-electron chi connectivity index (χ2n) is 5.02. The first kappa shape index (κ1) is 12.9. The summed E-state index contributed by atoms with van der Waals surface area (Å²) in [5.41, 5.74) is 0.782. The first-order valence-corrected chi connectivity index (χ1v) is 8.53. The Morgan fingerprint density at radius 3 is 2.74 bits per heavy atom. The van der Waals surface area contributed by atoms with E-state index in [9.17, 15) is 4.79 Å². The maximum Gasteiger partial charge on any atom is 0.252 e. The average molecular weight is 291 g/mol. The number of hydrogen-bond donors (Lipinski definition) is 1. The Morgan fingerprint density at radius 1 is 1.26 bits per heavy atom. The van der Waals surface area contributed by atoms with Gasteiger partial charge in [-0.1, -0.05) is 18.9 Å². The Bertz CT molecular complexity index is 512. The van der Waals surface area contributed by atoms with Crippen molar-refractivity contribution in [1.29, 1.82) is 0 Å². The van der Waals surface area contributed by atoms with Crippen molar-refractivity contribution >= 4 is 28.6 Å². The third-order valence-electron chi connectivity index (χ3n) is 3.79. The summed E-state index contributed by atoms with van der Waals surface area (Å²) < 4.78 is 0. The van der Waals surface area contributed by atoms with Crippen molar-refractivity contribution in [3.63, 3.8) is 0 Å². The second kappa shape index (κ2) is 5.88. The van der Waals surface area contributed by atoms with E-state index in [1.165, 1.54) is 30.6 Å². The van der Waals surface area contributed by atoms with Gasteiger partial charge in [-0.25, -0.2) is 0 Å². The molecule has 19 heavy (non-hydrogen) atoms. The van der Waals surface area contributed by atoms with Crippen LogP contribution in [0.3, 0.4) is 0 Å². The highest BCUT2D eigenvalue weighted by atomic mass is 32.1. The van der Waals surface area contributed by atoms with Crippen LogP contribution in [0, 0.1) is 5.92 Å². The number of nitrogens with one attached hydrogen (secondary N) is 1. The summed E-state index contributed by atoms with van der Waals surface area (Å²) in [6.45, 7) is 0. The zero-order valence-corrected chi connectivity index (χ0v) is 12.3. The lowest BCUT2D eigenvalue weighted by atomic mass is 9.96. The number of rotatable bonds is 4. The largest absolute Gasteiger partial charge is 0.344 e. The molecule has 0 aliphatic heterocycles. The molecule has 1 fully saturated rings. The minimum Gasteiger partial charge on any atom is -0.344 e. The van der Waals surface area contributed by atoms with Gasteiger partial charge in [0.05, 0.1) is 11.6 Å². The lowest BCUT2D eigenvalue weighted by Crippen LogP contribution is -2.32. The van der Waals surface area contributed by atoms with Gasteiger partial charge in [0, 0.05) is 10.3 Å². The molecule has 100 valence electrons. The van der Waals surface area contributed by atoms with Gasteiger partial charge in [0.15, 0.2) is 0 Å². The topological polar surface area (TPSA) is 29.1 Å². The van der Waals surface area contributed by atoms with Crippen LogP contribution in [0.25, 0.3) is 0 Å². The Morgan fingerprint density at radius 2 is 2.11 bits per heavy atom. The van der Waals surface area contributed by atoms with Crippen molar-refractivity contribution in [2.45, 2.75) is 31.7 Å². The number of thiophene rings is 2. The molecule has 0 unspecified atom stereocenters. The van der Waals surface area contributed by atoms with Gasteiger partial charge in [-0.2, -0.15) is 11.3 Å². The molecule has 0 aromatic carbocycles. The van der Waals surface area contributed by atoms with E-state index in [0.717, 1.165) is 5.56 Å². The third kappa shape index (κ3) is 2.90. The second-order valence-corrected chi connectivity index (χ2v) is 6.78. The minimum atomic E-state index is 0.0616. The Balaban J connectivity index is 1.77. The summed E-state index contributed by atoms with van der Waals surface area (Å²) in [7, 11) is 0. The van der Waals surface area contributed by atoms with E-state index in [1.54, 1.807) is 22.7 Å². The summed E-state index contributed by atoms with van der Waals surface area (Å²) in [6, 6.07) is 6.29. The van der Waals surface area contributed by atoms with E-state index in [1.807, 2.05) is 16.8 Å². The van der Waals surface area contributed by atoms with Crippen LogP contribution in [-0.4, -0.2) is 5.91 Å². The quantitative estimate of drug-likeness (QED) is 0.884. The van der Waals surface area contributed by atoms with Crippen LogP contribution in [0.5, 0.6) is 0 Å². The Labute approximate surface area is 121 Å². The smallest absolute Gasteiger partial charge is 0.252 e. The molecule has 1 N–H and O–H groups in total. The van der Waals surface area contributed by atoms with Gasteiger partial charge in [0.2, 0.25) is 0 Å². The molecule has 1 aliphatic rings. The molecule has 1 aliphatic carbocycles. The summed E-state index contributed by atoms with van der Waals surface area (Å²) in [6.07, 6.45) is 5.04. The van der Waals surface area contributed by atoms with Crippen molar-refractivity contribution in [1.82, 2.24) is 5.32 Å². The number of carbonyl (C=O) groups excluding carboxylic acids is 1. The van der Waals surface area contributed by atoms with E-state index >= 15 is 0 Å². The summed E-state index contributed by atoms with van der Waals surface area (Å²) in [5.74, 6) is 0.660. The molecule has 2 nitrogen and oxygen atoms in total. The first-order valence-electron chi connectivity index (χ1n) is 6.71. The van der Waals surface area contributed by atoms with Gasteiger partial charge in [-0.15, -0.1) is 11.3 Å². The first-order chi connectivity index (χ1) is 9.34. The monoisotopic (exact) mass is 291 g/mol. The highest BCUT2D eigenvalue weighted by Gasteiger charge is 2.28. The molecule has 0 saturated heterocycles. The lowest BCUT2D eigenvalue weighted by molar-refractivity contribution is 0.0923. The predicted octanol–water partition coefficient (Wildman–Crippen LogP) is 4.47. The molecular formula is C15H17NOS2. The van der Waals surface area contributed by atoms with Crippen LogP contribution < -0.4 is 5.32 Å². The molecule has 0 spiro atoms. The minimum absolute atomic E-state index is 0.0616. The fourth-order valence-electron chi connectivity index (χ4n) is 2.80. The Hall–Kier alpha value is -1.13. The van der Waals surface area contributed by atoms with E-state index < -0.39 is 0 Å².